The Kier molecular flexibility index (Phi) is 5.89. The van der Waals surface area contributed by atoms with Crippen LogP contribution in [0.25, 0.3) is 11.4 Å². The van der Waals surface area contributed by atoms with E-state index in [0.717, 1.165) is 12.8 Å². The van der Waals surface area contributed by atoms with E-state index in [1.807, 2.05) is 4.90 Å². The van der Waals surface area contributed by atoms with Gasteiger partial charge >= 0.3 is 6.36 Å². The number of hydrogen-bond donors (Lipinski definition) is 1. The maximum absolute atomic E-state index is 12.3. The lowest BCUT2D eigenvalue weighted by molar-refractivity contribution is -0.274. The zero-order chi connectivity index (χ0) is 22.2. The van der Waals surface area contributed by atoms with Gasteiger partial charge in [-0.3, -0.25) is 9.69 Å². The zero-order valence-electron chi connectivity index (χ0n) is 16.9. The summed E-state index contributed by atoms with van der Waals surface area (Å²) in [5, 5.41) is 14.2. The standard InChI is InChI=1S/C20H23F3N4O4/c1-12(28)26-8-6-14(7-9-26)27-11-15(29)10-17(27)19-24-18(25-31-19)13-2-4-16(5-3-13)30-20(21,22)23/h2-5,14-15,17,29H,6-11H2,1H3. The van der Waals surface area contributed by atoms with Crippen molar-refractivity contribution in [2.45, 2.75) is 50.7 Å². The van der Waals surface area contributed by atoms with E-state index in [1.54, 1.807) is 6.92 Å². The molecule has 168 valence electrons. The van der Waals surface area contributed by atoms with Crippen molar-refractivity contribution < 1.29 is 32.3 Å². The van der Waals surface area contributed by atoms with Gasteiger partial charge in [-0.2, -0.15) is 4.98 Å². The van der Waals surface area contributed by atoms with E-state index in [2.05, 4.69) is 19.8 Å². The molecule has 1 aromatic carbocycles. The van der Waals surface area contributed by atoms with Crippen LogP contribution in [0.4, 0.5) is 13.2 Å². The minimum atomic E-state index is -4.76. The van der Waals surface area contributed by atoms with Crippen molar-refractivity contribution in [2.75, 3.05) is 19.6 Å². The van der Waals surface area contributed by atoms with Crippen LogP contribution >= 0.6 is 0 Å². The number of aliphatic hydroxyl groups excluding tert-OH is 1. The van der Waals surface area contributed by atoms with E-state index in [1.165, 1.54) is 24.3 Å². The van der Waals surface area contributed by atoms with Crippen LogP contribution in [-0.2, 0) is 4.79 Å². The van der Waals surface area contributed by atoms with Crippen LogP contribution in [0, 0.1) is 0 Å². The maximum Gasteiger partial charge on any atom is 0.573 e. The molecule has 2 unspecified atom stereocenters. The van der Waals surface area contributed by atoms with Gasteiger partial charge in [0.05, 0.1) is 12.1 Å². The minimum Gasteiger partial charge on any atom is -0.406 e. The molecular weight excluding hydrogens is 417 g/mol. The van der Waals surface area contributed by atoms with Gasteiger partial charge in [0.2, 0.25) is 17.6 Å². The van der Waals surface area contributed by atoms with Crippen molar-refractivity contribution in [3.63, 3.8) is 0 Å². The largest absolute Gasteiger partial charge is 0.573 e. The molecule has 2 saturated heterocycles. The van der Waals surface area contributed by atoms with Crippen LogP contribution in [0.2, 0.25) is 0 Å². The smallest absolute Gasteiger partial charge is 0.406 e. The number of benzene rings is 1. The lowest BCUT2D eigenvalue weighted by atomic mass is 10.0. The number of nitrogens with zero attached hydrogens (tertiary/aromatic N) is 4. The zero-order valence-corrected chi connectivity index (χ0v) is 16.9. The second-order valence-electron chi connectivity index (χ2n) is 7.87. The molecule has 2 fully saturated rings. The number of likely N-dealkylation sites (tertiary alicyclic amines) is 2. The monoisotopic (exact) mass is 440 g/mol. The fraction of sp³-hybridized carbons (Fsp3) is 0.550. The summed E-state index contributed by atoms with van der Waals surface area (Å²) < 4.78 is 46.3. The van der Waals surface area contributed by atoms with Gasteiger partial charge in [-0.25, -0.2) is 0 Å². The number of piperidine rings is 1. The molecule has 0 spiro atoms. The summed E-state index contributed by atoms with van der Waals surface area (Å²) in [6.45, 7) is 3.38. The second-order valence-corrected chi connectivity index (χ2v) is 7.87. The van der Waals surface area contributed by atoms with Crippen molar-refractivity contribution in [3.05, 3.63) is 30.2 Å². The molecule has 3 heterocycles. The maximum atomic E-state index is 12.3. The van der Waals surface area contributed by atoms with Crippen molar-refractivity contribution >= 4 is 5.91 Å². The van der Waals surface area contributed by atoms with Crippen LogP contribution in [-0.4, -0.2) is 69.1 Å². The number of aromatic nitrogens is 2. The normalized spacial score (nSPS) is 23.3. The highest BCUT2D eigenvalue weighted by Gasteiger charge is 2.40. The predicted octanol–water partition coefficient (Wildman–Crippen LogP) is 2.75. The summed E-state index contributed by atoms with van der Waals surface area (Å²) in [5.74, 6) is 0.337. The number of halogens is 3. The van der Waals surface area contributed by atoms with Crippen LogP contribution in [0.15, 0.2) is 28.8 Å². The summed E-state index contributed by atoms with van der Waals surface area (Å²) in [7, 11) is 0. The predicted molar refractivity (Wildman–Crippen MR) is 102 cm³/mol. The van der Waals surface area contributed by atoms with Gasteiger partial charge in [-0.05, 0) is 43.5 Å². The third-order valence-corrected chi connectivity index (χ3v) is 5.77. The van der Waals surface area contributed by atoms with E-state index in [-0.39, 0.29) is 29.6 Å². The van der Waals surface area contributed by atoms with E-state index in [0.29, 0.717) is 37.5 Å². The molecule has 31 heavy (non-hydrogen) atoms. The van der Waals surface area contributed by atoms with Crippen molar-refractivity contribution in [2.24, 2.45) is 0 Å². The third-order valence-electron chi connectivity index (χ3n) is 5.77. The Morgan fingerprint density at radius 1 is 1.23 bits per heavy atom. The molecular formula is C20H23F3N4O4. The first kappa shape index (κ1) is 21.6. The van der Waals surface area contributed by atoms with Crippen LogP contribution in [0.5, 0.6) is 5.75 Å². The molecule has 0 aliphatic carbocycles. The van der Waals surface area contributed by atoms with Gasteiger partial charge < -0.3 is 19.3 Å². The number of carbonyl (C=O) groups excluding carboxylic acids is 1. The second kappa shape index (κ2) is 8.46. The number of aliphatic hydroxyl groups is 1. The summed E-state index contributed by atoms with van der Waals surface area (Å²) in [4.78, 5) is 20.0. The number of alkyl halides is 3. The molecule has 2 aromatic rings. The van der Waals surface area contributed by atoms with Crippen molar-refractivity contribution in [3.8, 4) is 17.1 Å². The Bertz CT molecular complexity index is 910. The number of rotatable bonds is 4. The Hall–Kier alpha value is -2.66. The minimum absolute atomic E-state index is 0.0599. The summed E-state index contributed by atoms with van der Waals surface area (Å²) >= 11 is 0. The van der Waals surface area contributed by atoms with Crippen LogP contribution < -0.4 is 4.74 Å². The van der Waals surface area contributed by atoms with Gasteiger partial charge in [0.15, 0.2) is 0 Å². The van der Waals surface area contributed by atoms with Crippen LogP contribution in [0.1, 0.15) is 38.1 Å². The molecule has 0 bridgehead atoms. The van der Waals surface area contributed by atoms with E-state index in [9.17, 15) is 23.1 Å². The Labute approximate surface area is 176 Å². The fourth-order valence-corrected chi connectivity index (χ4v) is 4.29. The summed E-state index contributed by atoms with van der Waals surface area (Å²) in [6.07, 6.45) is -3.24. The highest BCUT2D eigenvalue weighted by Crippen LogP contribution is 2.36. The Morgan fingerprint density at radius 3 is 2.52 bits per heavy atom. The molecule has 2 aliphatic heterocycles. The van der Waals surface area contributed by atoms with Gasteiger partial charge in [-0.1, -0.05) is 5.16 Å². The number of β-amino-alcohol motifs (C(OH)–C–C–N with tert-alkyl or cyclic N) is 1. The molecule has 1 aromatic heterocycles. The highest BCUT2D eigenvalue weighted by molar-refractivity contribution is 5.73. The number of carbonyl (C=O) groups is 1. The van der Waals surface area contributed by atoms with Crippen LogP contribution in [0.3, 0.4) is 0 Å². The summed E-state index contributed by atoms with van der Waals surface area (Å²) in [6, 6.07) is 5.16. The average molecular weight is 440 g/mol. The molecule has 11 heteroatoms. The number of ether oxygens (including phenoxy) is 1. The SMILES string of the molecule is CC(=O)N1CCC(N2CC(O)CC2c2nc(-c3ccc(OC(F)(F)F)cc3)no2)CC1. The molecule has 1 N–H and O–H groups in total. The van der Waals surface area contributed by atoms with E-state index in [4.69, 9.17) is 4.52 Å². The summed E-state index contributed by atoms with van der Waals surface area (Å²) in [5.41, 5.74) is 0.490. The molecule has 2 aliphatic rings. The van der Waals surface area contributed by atoms with Gasteiger partial charge in [-0.15, -0.1) is 13.2 Å². The number of amides is 1. The Balaban J connectivity index is 1.46. The highest BCUT2D eigenvalue weighted by atomic mass is 19.4. The third kappa shape index (κ3) is 4.99. The first-order chi connectivity index (χ1) is 14.7. The molecule has 0 saturated carbocycles. The molecule has 2 atom stereocenters. The topological polar surface area (TPSA) is 91.9 Å². The van der Waals surface area contributed by atoms with Gasteiger partial charge in [0, 0.05) is 38.2 Å². The van der Waals surface area contributed by atoms with Crippen molar-refractivity contribution in [1.82, 2.24) is 19.9 Å². The molecule has 0 radical (unpaired) electrons. The van der Waals surface area contributed by atoms with Gasteiger partial charge in [0.1, 0.15) is 5.75 Å². The average Bonchev–Trinajstić information content (AvgIpc) is 3.34. The van der Waals surface area contributed by atoms with E-state index < -0.39 is 12.5 Å². The van der Waals surface area contributed by atoms with E-state index >= 15 is 0 Å². The molecule has 1 amide bonds. The first-order valence-corrected chi connectivity index (χ1v) is 10.1. The van der Waals surface area contributed by atoms with Crippen molar-refractivity contribution in [1.29, 1.82) is 0 Å². The molecule has 8 nitrogen and oxygen atoms in total. The number of hydrogen-bond acceptors (Lipinski definition) is 7. The fourth-order valence-electron chi connectivity index (χ4n) is 4.29. The lowest BCUT2D eigenvalue weighted by Crippen LogP contribution is -2.46. The molecule has 4 rings (SSSR count). The first-order valence-electron chi connectivity index (χ1n) is 10.1. The Morgan fingerprint density at radius 2 is 1.90 bits per heavy atom. The van der Waals surface area contributed by atoms with Gasteiger partial charge in [0.25, 0.3) is 0 Å². The lowest BCUT2D eigenvalue weighted by Gasteiger charge is -2.38. The quantitative estimate of drug-likeness (QED) is 0.782.